The smallest absolute Gasteiger partial charge is 0.0938 e. The fraction of sp³-hybridized carbons (Fsp3) is 0.471. The maximum atomic E-state index is 4.55. The van der Waals surface area contributed by atoms with E-state index in [2.05, 4.69) is 55.0 Å². The summed E-state index contributed by atoms with van der Waals surface area (Å²) in [7, 11) is 0. The number of nitrogens with one attached hydrogen (secondary N) is 1. The molecule has 104 valence electrons. The zero-order chi connectivity index (χ0) is 14.1. The molecule has 0 fully saturated rings. The van der Waals surface area contributed by atoms with Crippen molar-refractivity contribution in [2.45, 2.75) is 46.6 Å². The average Bonchev–Trinajstić information content (AvgIpc) is 2.44. The van der Waals surface area contributed by atoms with Crippen LogP contribution in [0.4, 0.5) is 0 Å². The van der Waals surface area contributed by atoms with Crippen LogP contribution in [0.3, 0.4) is 0 Å². The molecular weight excluding hydrogens is 232 g/mol. The molecule has 0 bridgehead atoms. The van der Waals surface area contributed by atoms with Crippen molar-refractivity contribution in [2.24, 2.45) is 4.99 Å². The minimum atomic E-state index is 0.739. The average molecular weight is 258 g/mol. The monoisotopic (exact) mass is 258 g/mol. The Morgan fingerprint density at radius 2 is 1.79 bits per heavy atom. The molecule has 0 unspecified atom stereocenters. The van der Waals surface area contributed by atoms with Gasteiger partial charge in [0.25, 0.3) is 0 Å². The van der Waals surface area contributed by atoms with E-state index in [0.717, 1.165) is 38.2 Å². The van der Waals surface area contributed by atoms with Crippen molar-refractivity contribution in [1.82, 2.24) is 5.32 Å². The molecule has 0 atom stereocenters. The lowest BCUT2D eigenvalue weighted by Crippen LogP contribution is -2.22. The predicted molar refractivity (Wildman–Crippen MR) is 84.7 cm³/mol. The SMILES string of the molecule is C=C(CCC)CNC(C)=NCc1ccc(CC)cc1. The summed E-state index contributed by atoms with van der Waals surface area (Å²) in [6.07, 6.45) is 3.32. The molecule has 0 saturated heterocycles. The maximum absolute atomic E-state index is 4.55. The molecule has 0 aliphatic carbocycles. The van der Waals surface area contributed by atoms with Crippen LogP contribution >= 0.6 is 0 Å². The van der Waals surface area contributed by atoms with E-state index in [1.807, 2.05) is 6.92 Å². The van der Waals surface area contributed by atoms with Gasteiger partial charge in [-0.05, 0) is 30.9 Å². The Bertz CT molecular complexity index is 415. The van der Waals surface area contributed by atoms with Gasteiger partial charge in [-0.15, -0.1) is 0 Å². The highest BCUT2D eigenvalue weighted by Gasteiger charge is 1.96. The predicted octanol–water partition coefficient (Wildman–Crippen LogP) is 4.11. The van der Waals surface area contributed by atoms with Crippen molar-refractivity contribution in [3.63, 3.8) is 0 Å². The molecule has 1 N–H and O–H groups in total. The van der Waals surface area contributed by atoms with E-state index in [-0.39, 0.29) is 0 Å². The van der Waals surface area contributed by atoms with Gasteiger partial charge in [-0.2, -0.15) is 0 Å². The van der Waals surface area contributed by atoms with Gasteiger partial charge >= 0.3 is 0 Å². The number of aliphatic imine (C=N–C) groups is 1. The molecule has 2 nitrogen and oxygen atoms in total. The number of amidine groups is 1. The second-order valence-electron chi connectivity index (χ2n) is 4.93. The lowest BCUT2D eigenvalue weighted by atomic mass is 10.1. The first-order valence-electron chi connectivity index (χ1n) is 7.15. The highest BCUT2D eigenvalue weighted by atomic mass is 15.0. The molecule has 0 aromatic heterocycles. The third-order valence-electron chi connectivity index (χ3n) is 3.13. The van der Waals surface area contributed by atoms with E-state index in [1.54, 1.807) is 0 Å². The summed E-state index contributed by atoms with van der Waals surface area (Å²) in [5, 5.41) is 3.31. The van der Waals surface area contributed by atoms with E-state index in [9.17, 15) is 0 Å². The summed E-state index contributed by atoms with van der Waals surface area (Å²) in [5.41, 5.74) is 3.87. The van der Waals surface area contributed by atoms with E-state index in [1.165, 1.54) is 16.7 Å². The van der Waals surface area contributed by atoms with Crippen molar-refractivity contribution in [3.05, 3.63) is 47.5 Å². The van der Waals surface area contributed by atoms with E-state index < -0.39 is 0 Å². The molecule has 0 saturated carbocycles. The minimum absolute atomic E-state index is 0.739. The second-order valence-corrected chi connectivity index (χ2v) is 4.93. The molecule has 1 rings (SSSR count). The number of hydrogen-bond acceptors (Lipinski definition) is 1. The van der Waals surface area contributed by atoms with Crippen LogP contribution in [0.1, 0.15) is 44.7 Å². The lowest BCUT2D eigenvalue weighted by molar-refractivity contribution is 0.839. The molecule has 1 aromatic rings. The summed E-state index contributed by atoms with van der Waals surface area (Å²) in [6.45, 7) is 12.0. The van der Waals surface area contributed by atoms with Crippen molar-refractivity contribution in [1.29, 1.82) is 0 Å². The molecule has 2 heteroatoms. The van der Waals surface area contributed by atoms with Crippen LogP contribution in [0.25, 0.3) is 0 Å². The number of nitrogens with zero attached hydrogens (tertiary/aromatic N) is 1. The molecule has 0 aliphatic rings. The second kappa shape index (κ2) is 8.52. The normalized spacial score (nSPS) is 11.4. The van der Waals surface area contributed by atoms with Crippen molar-refractivity contribution in [2.75, 3.05) is 6.54 Å². The maximum Gasteiger partial charge on any atom is 0.0938 e. The molecule has 0 radical (unpaired) electrons. The summed E-state index contributed by atoms with van der Waals surface area (Å²) in [6, 6.07) is 8.67. The highest BCUT2D eigenvalue weighted by molar-refractivity contribution is 5.79. The van der Waals surface area contributed by atoms with Gasteiger partial charge in [0.05, 0.1) is 12.4 Å². The van der Waals surface area contributed by atoms with Crippen LogP contribution in [0.2, 0.25) is 0 Å². The third-order valence-corrected chi connectivity index (χ3v) is 3.13. The number of benzene rings is 1. The lowest BCUT2D eigenvalue weighted by Gasteiger charge is -2.08. The quantitative estimate of drug-likeness (QED) is 0.444. The summed E-state index contributed by atoms with van der Waals surface area (Å²) < 4.78 is 0. The van der Waals surface area contributed by atoms with Crippen LogP contribution in [-0.4, -0.2) is 12.4 Å². The van der Waals surface area contributed by atoms with Gasteiger partial charge in [0.1, 0.15) is 0 Å². The fourth-order valence-corrected chi connectivity index (χ4v) is 1.84. The Labute approximate surface area is 117 Å². The van der Waals surface area contributed by atoms with E-state index in [0.29, 0.717) is 0 Å². The van der Waals surface area contributed by atoms with Gasteiger partial charge in [0.15, 0.2) is 0 Å². The highest BCUT2D eigenvalue weighted by Crippen LogP contribution is 2.06. The van der Waals surface area contributed by atoms with E-state index in [4.69, 9.17) is 0 Å². The molecule has 1 aromatic carbocycles. The topological polar surface area (TPSA) is 24.4 Å². The van der Waals surface area contributed by atoms with Gasteiger partial charge in [-0.1, -0.05) is 56.7 Å². The van der Waals surface area contributed by atoms with Crippen LogP contribution in [0, 0.1) is 0 Å². The van der Waals surface area contributed by atoms with Gasteiger partial charge < -0.3 is 5.32 Å². The van der Waals surface area contributed by atoms with Crippen LogP contribution in [0.15, 0.2) is 41.4 Å². The molecule has 0 aliphatic heterocycles. The van der Waals surface area contributed by atoms with Crippen molar-refractivity contribution in [3.8, 4) is 0 Å². The number of hydrogen-bond donors (Lipinski definition) is 1. The Hall–Kier alpha value is -1.57. The summed E-state index contributed by atoms with van der Waals surface area (Å²) >= 11 is 0. The third kappa shape index (κ3) is 6.23. The minimum Gasteiger partial charge on any atom is -0.370 e. The zero-order valence-electron chi connectivity index (χ0n) is 12.5. The van der Waals surface area contributed by atoms with Gasteiger partial charge in [0.2, 0.25) is 0 Å². The standard InChI is InChI=1S/C17H26N2/c1-5-7-14(3)12-18-15(4)19-13-17-10-8-16(6-2)9-11-17/h8-11H,3,5-7,12-13H2,1-2,4H3,(H,18,19). The van der Waals surface area contributed by atoms with Crippen LogP contribution < -0.4 is 5.32 Å². The number of aryl methyl sites for hydroxylation is 1. The molecule has 0 heterocycles. The van der Waals surface area contributed by atoms with E-state index >= 15 is 0 Å². The molecule has 19 heavy (non-hydrogen) atoms. The first-order valence-corrected chi connectivity index (χ1v) is 7.15. The Morgan fingerprint density at radius 3 is 2.37 bits per heavy atom. The van der Waals surface area contributed by atoms with Crippen LogP contribution in [-0.2, 0) is 13.0 Å². The van der Waals surface area contributed by atoms with Gasteiger partial charge in [0, 0.05) is 6.54 Å². The number of rotatable bonds is 7. The van der Waals surface area contributed by atoms with Crippen molar-refractivity contribution < 1.29 is 0 Å². The van der Waals surface area contributed by atoms with Gasteiger partial charge in [-0.3, -0.25) is 4.99 Å². The first kappa shape index (κ1) is 15.5. The first-order chi connectivity index (χ1) is 9.15. The molecular formula is C17H26N2. The van der Waals surface area contributed by atoms with Crippen molar-refractivity contribution >= 4 is 5.84 Å². The van der Waals surface area contributed by atoms with Gasteiger partial charge in [-0.25, -0.2) is 0 Å². The molecule has 0 amide bonds. The Balaban J connectivity index is 2.39. The Morgan fingerprint density at radius 1 is 1.16 bits per heavy atom. The fourth-order valence-electron chi connectivity index (χ4n) is 1.84. The summed E-state index contributed by atoms with van der Waals surface area (Å²) in [4.78, 5) is 4.55. The molecule has 0 spiro atoms. The Kier molecular flexibility index (Phi) is 6.94. The zero-order valence-corrected chi connectivity index (χ0v) is 12.5. The van der Waals surface area contributed by atoms with Crippen LogP contribution in [0.5, 0.6) is 0 Å². The summed E-state index contributed by atoms with van der Waals surface area (Å²) in [5.74, 6) is 0.983. The largest absolute Gasteiger partial charge is 0.370 e.